The number of nitrogens with zero attached hydrogens (tertiary/aromatic N) is 1. The fourth-order valence-corrected chi connectivity index (χ4v) is 5.60. The monoisotopic (exact) mass is 448 g/mol. The maximum atomic E-state index is 13.4. The van der Waals surface area contributed by atoms with Crippen molar-refractivity contribution >= 4 is 15.9 Å². The Balaban J connectivity index is 1.67. The molecule has 0 unspecified atom stereocenters. The summed E-state index contributed by atoms with van der Waals surface area (Å²) in [6.07, 6.45) is 1.74. The van der Waals surface area contributed by atoms with E-state index in [0.29, 0.717) is 18.7 Å². The summed E-state index contributed by atoms with van der Waals surface area (Å²) in [7, 11) is -3.60. The summed E-state index contributed by atoms with van der Waals surface area (Å²) in [4.78, 5) is 13.5. The fourth-order valence-electron chi connectivity index (χ4n) is 4.06. The number of carbonyl (C=O) groups is 1. The molecule has 1 heterocycles. The van der Waals surface area contributed by atoms with Crippen LogP contribution in [0.4, 0.5) is 0 Å². The summed E-state index contributed by atoms with van der Waals surface area (Å²) in [6, 6.07) is 22.3. The maximum Gasteiger partial charge on any atom is 0.252 e. The molecular formula is C26H28N2O3S. The van der Waals surface area contributed by atoms with E-state index in [4.69, 9.17) is 0 Å². The van der Waals surface area contributed by atoms with E-state index in [1.807, 2.05) is 68.4 Å². The van der Waals surface area contributed by atoms with Crippen molar-refractivity contribution < 1.29 is 13.2 Å². The predicted octanol–water partition coefficient (Wildman–Crippen LogP) is 4.61. The van der Waals surface area contributed by atoms with Crippen LogP contribution in [0.5, 0.6) is 0 Å². The molecule has 1 fully saturated rings. The Morgan fingerprint density at radius 2 is 1.50 bits per heavy atom. The topological polar surface area (TPSA) is 66.5 Å². The summed E-state index contributed by atoms with van der Waals surface area (Å²) in [6.45, 7) is 4.91. The highest BCUT2D eigenvalue weighted by Gasteiger charge is 2.28. The molecule has 0 saturated carbocycles. The first kappa shape index (κ1) is 22.2. The molecule has 0 bridgehead atoms. The SMILES string of the molecule is Cc1ccc([C@H](NC(=O)c2cc(S(=O)(=O)N3CCCC3)ccc2C)c2ccccc2)cc1. The van der Waals surface area contributed by atoms with Crippen LogP contribution in [0.1, 0.15) is 51.5 Å². The van der Waals surface area contributed by atoms with Gasteiger partial charge in [0.05, 0.1) is 10.9 Å². The summed E-state index contributed by atoms with van der Waals surface area (Å²) in [5.41, 5.74) is 4.18. The first-order valence-electron chi connectivity index (χ1n) is 10.9. The van der Waals surface area contributed by atoms with Gasteiger partial charge in [-0.25, -0.2) is 8.42 Å². The van der Waals surface area contributed by atoms with E-state index < -0.39 is 10.0 Å². The number of nitrogens with one attached hydrogen (secondary N) is 1. The predicted molar refractivity (Wildman–Crippen MR) is 126 cm³/mol. The summed E-state index contributed by atoms with van der Waals surface area (Å²) < 4.78 is 27.5. The first-order valence-corrected chi connectivity index (χ1v) is 12.3. The second-order valence-corrected chi connectivity index (χ2v) is 10.3. The molecule has 1 aliphatic heterocycles. The average Bonchev–Trinajstić information content (AvgIpc) is 3.35. The van der Waals surface area contributed by atoms with Crippen LogP contribution < -0.4 is 5.32 Å². The highest BCUT2D eigenvalue weighted by molar-refractivity contribution is 7.89. The molecule has 0 spiro atoms. The van der Waals surface area contributed by atoms with E-state index in [-0.39, 0.29) is 16.8 Å². The third-order valence-corrected chi connectivity index (χ3v) is 7.87. The van der Waals surface area contributed by atoms with Gasteiger partial charge in [-0.05, 0) is 55.5 Å². The minimum atomic E-state index is -3.60. The van der Waals surface area contributed by atoms with Gasteiger partial charge in [0.15, 0.2) is 0 Å². The van der Waals surface area contributed by atoms with Crippen molar-refractivity contribution in [3.63, 3.8) is 0 Å². The minimum Gasteiger partial charge on any atom is -0.341 e. The van der Waals surface area contributed by atoms with Gasteiger partial charge >= 0.3 is 0 Å². The van der Waals surface area contributed by atoms with Gasteiger partial charge in [0.2, 0.25) is 10.0 Å². The van der Waals surface area contributed by atoms with Gasteiger partial charge in [-0.15, -0.1) is 0 Å². The van der Waals surface area contributed by atoms with Gasteiger partial charge in [0, 0.05) is 18.7 Å². The molecule has 6 heteroatoms. The highest BCUT2D eigenvalue weighted by Crippen LogP contribution is 2.26. The molecular weight excluding hydrogens is 420 g/mol. The Kier molecular flexibility index (Phi) is 6.44. The van der Waals surface area contributed by atoms with Crippen LogP contribution in [-0.4, -0.2) is 31.7 Å². The van der Waals surface area contributed by atoms with E-state index in [0.717, 1.165) is 35.1 Å². The van der Waals surface area contributed by atoms with E-state index >= 15 is 0 Å². The van der Waals surface area contributed by atoms with E-state index in [2.05, 4.69) is 5.32 Å². The molecule has 0 aliphatic carbocycles. The van der Waals surface area contributed by atoms with Crippen molar-refractivity contribution in [1.29, 1.82) is 0 Å². The van der Waals surface area contributed by atoms with Crippen LogP contribution in [0.2, 0.25) is 0 Å². The summed E-state index contributed by atoms with van der Waals surface area (Å²) in [5, 5.41) is 3.13. The lowest BCUT2D eigenvalue weighted by molar-refractivity contribution is 0.0942. The number of aryl methyl sites for hydroxylation is 2. The van der Waals surface area contributed by atoms with Gasteiger partial charge in [-0.1, -0.05) is 66.2 Å². The Labute approximate surface area is 190 Å². The molecule has 5 nitrogen and oxygen atoms in total. The molecule has 1 amide bonds. The Bertz CT molecular complexity index is 1200. The average molecular weight is 449 g/mol. The number of hydrogen-bond acceptors (Lipinski definition) is 3. The molecule has 1 saturated heterocycles. The van der Waals surface area contributed by atoms with Gasteiger partial charge in [-0.3, -0.25) is 4.79 Å². The van der Waals surface area contributed by atoms with Crippen molar-refractivity contribution in [3.8, 4) is 0 Å². The molecule has 1 N–H and O–H groups in total. The zero-order valence-electron chi connectivity index (χ0n) is 18.4. The number of amides is 1. The second-order valence-electron chi connectivity index (χ2n) is 8.32. The van der Waals surface area contributed by atoms with E-state index in [1.165, 1.54) is 10.4 Å². The Morgan fingerprint density at radius 3 is 2.16 bits per heavy atom. The first-order chi connectivity index (χ1) is 15.4. The molecule has 166 valence electrons. The standard InChI is InChI=1S/C26H28N2O3S/c1-19-10-13-22(14-11-19)25(21-8-4-3-5-9-21)27-26(29)24-18-23(15-12-20(24)2)32(30,31)28-16-6-7-17-28/h3-5,8-15,18,25H,6-7,16-17H2,1-2H3,(H,27,29)/t25-/m1/s1. The molecule has 3 aromatic carbocycles. The van der Waals surface area contributed by atoms with Crippen molar-refractivity contribution in [3.05, 3.63) is 101 Å². The summed E-state index contributed by atoms with van der Waals surface area (Å²) in [5.74, 6) is -0.296. The minimum absolute atomic E-state index is 0.168. The van der Waals surface area contributed by atoms with Gasteiger partial charge in [0.1, 0.15) is 0 Å². The molecule has 4 rings (SSSR count). The van der Waals surface area contributed by atoms with E-state index in [9.17, 15) is 13.2 Å². The molecule has 1 atom stereocenters. The number of hydrogen-bond donors (Lipinski definition) is 1. The molecule has 3 aromatic rings. The van der Waals surface area contributed by atoms with Crippen LogP contribution in [0.15, 0.2) is 77.7 Å². The highest BCUT2D eigenvalue weighted by atomic mass is 32.2. The van der Waals surface area contributed by atoms with Crippen LogP contribution >= 0.6 is 0 Å². The van der Waals surface area contributed by atoms with Crippen molar-refractivity contribution in [2.45, 2.75) is 37.6 Å². The maximum absolute atomic E-state index is 13.4. The van der Waals surface area contributed by atoms with Crippen LogP contribution in [0.3, 0.4) is 0 Å². The summed E-state index contributed by atoms with van der Waals surface area (Å²) >= 11 is 0. The smallest absolute Gasteiger partial charge is 0.252 e. The second kappa shape index (κ2) is 9.27. The van der Waals surface area contributed by atoms with Gasteiger partial charge in [-0.2, -0.15) is 4.31 Å². The molecule has 0 aromatic heterocycles. The number of carbonyl (C=O) groups excluding carboxylic acids is 1. The molecule has 0 radical (unpaired) electrons. The van der Waals surface area contributed by atoms with Crippen molar-refractivity contribution in [1.82, 2.24) is 9.62 Å². The van der Waals surface area contributed by atoms with Crippen LogP contribution in [0, 0.1) is 13.8 Å². The normalized spacial score (nSPS) is 15.4. The van der Waals surface area contributed by atoms with Gasteiger partial charge < -0.3 is 5.32 Å². The van der Waals surface area contributed by atoms with E-state index in [1.54, 1.807) is 12.1 Å². The lowest BCUT2D eigenvalue weighted by Gasteiger charge is -2.21. The fraction of sp³-hybridized carbons (Fsp3) is 0.269. The quantitative estimate of drug-likeness (QED) is 0.599. The van der Waals surface area contributed by atoms with Crippen LogP contribution in [0.25, 0.3) is 0 Å². The number of benzene rings is 3. The molecule has 1 aliphatic rings. The largest absolute Gasteiger partial charge is 0.341 e. The lowest BCUT2D eigenvalue weighted by Crippen LogP contribution is -2.31. The van der Waals surface area contributed by atoms with Crippen molar-refractivity contribution in [2.75, 3.05) is 13.1 Å². The lowest BCUT2D eigenvalue weighted by atomic mass is 9.97. The third kappa shape index (κ3) is 4.61. The van der Waals surface area contributed by atoms with Crippen LogP contribution in [-0.2, 0) is 10.0 Å². The Hall–Kier alpha value is -2.96. The van der Waals surface area contributed by atoms with Gasteiger partial charge in [0.25, 0.3) is 5.91 Å². The number of rotatable bonds is 6. The van der Waals surface area contributed by atoms with Crippen molar-refractivity contribution in [2.24, 2.45) is 0 Å². The third-order valence-electron chi connectivity index (χ3n) is 5.98. The Morgan fingerprint density at radius 1 is 0.875 bits per heavy atom. The molecule has 32 heavy (non-hydrogen) atoms. The zero-order valence-corrected chi connectivity index (χ0v) is 19.2. The number of sulfonamides is 1. The zero-order chi connectivity index (χ0) is 22.7.